The summed E-state index contributed by atoms with van der Waals surface area (Å²) in [5.41, 5.74) is 4.19. The number of alkyl halides is 2. The van der Waals surface area contributed by atoms with Crippen molar-refractivity contribution in [3.05, 3.63) is 81.8 Å². The number of nitrogens with one attached hydrogen (secondary N) is 2. The van der Waals surface area contributed by atoms with Gasteiger partial charge in [0.05, 0.1) is 25.7 Å². The molecule has 2 heterocycles. The predicted molar refractivity (Wildman–Crippen MR) is 182 cm³/mol. The van der Waals surface area contributed by atoms with E-state index in [1.54, 1.807) is 18.4 Å². The minimum atomic E-state index is -2.43. The van der Waals surface area contributed by atoms with Crippen molar-refractivity contribution in [2.75, 3.05) is 26.4 Å². The third-order valence-electron chi connectivity index (χ3n) is 7.95. The first kappa shape index (κ1) is 37.9. The molecule has 1 aromatic heterocycles. The van der Waals surface area contributed by atoms with E-state index in [0.717, 1.165) is 30.6 Å². The van der Waals surface area contributed by atoms with Gasteiger partial charge in [-0.2, -0.15) is 4.99 Å². The third kappa shape index (κ3) is 10.5. The van der Waals surface area contributed by atoms with Crippen molar-refractivity contribution < 1.29 is 41.8 Å². The molecule has 1 aliphatic rings. The van der Waals surface area contributed by atoms with Gasteiger partial charge in [0.2, 0.25) is 11.8 Å². The van der Waals surface area contributed by atoms with Gasteiger partial charge in [0.1, 0.15) is 35.9 Å². The summed E-state index contributed by atoms with van der Waals surface area (Å²) in [6.45, 7) is 1.36. The van der Waals surface area contributed by atoms with Crippen LogP contribution in [0.15, 0.2) is 65.0 Å². The lowest BCUT2D eigenvalue weighted by molar-refractivity contribution is -0.138. The Hall–Kier alpha value is -4.92. The van der Waals surface area contributed by atoms with E-state index in [0.29, 0.717) is 21.9 Å². The Kier molecular flexibility index (Phi) is 13.4. The number of amides is 4. The standard InChI is InChI=1S/C35H40F3N5O6S/c1-3-4-5-6-15-48-34(47)42-31(39)24-16-29(50-19-24)22(2)41-33(46)28-17-35(38,20-36)21-43(28)30(44)18-40-32(45)23-7-11-26(12-8-23)49-27-13-9-25(37)10-14-27/h7-14,16,19,22,28H,3-6,15,17-18,20-21H2,1-2H3,(H,40,45)(H,41,46)(H2,39,42,47)/t22-,28+,35+/m1/s1. The molecule has 0 spiro atoms. The Morgan fingerprint density at radius 1 is 1.06 bits per heavy atom. The van der Waals surface area contributed by atoms with E-state index in [1.165, 1.54) is 59.9 Å². The van der Waals surface area contributed by atoms with Crippen molar-refractivity contribution in [1.82, 2.24) is 15.5 Å². The van der Waals surface area contributed by atoms with E-state index >= 15 is 4.39 Å². The zero-order valence-corrected chi connectivity index (χ0v) is 28.6. The second-order valence-corrected chi connectivity index (χ2v) is 12.9. The predicted octanol–water partition coefficient (Wildman–Crippen LogP) is 5.99. The molecule has 1 aliphatic heterocycles. The molecule has 1 saturated heterocycles. The summed E-state index contributed by atoms with van der Waals surface area (Å²) in [6.07, 6.45) is 2.41. The Balaban J connectivity index is 1.32. The van der Waals surface area contributed by atoms with Crippen LogP contribution in [0.5, 0.6) is 11.5 Å². The van der Waals surface area contributed by atoms with Crippen molar-refractivity contribution >= 4 is 41.0 Å². The third-order valence-corrected chi connectivity index (χ3v) is 9.07. The molecule has 1 fully saturated rings. The van der Waals surface area contributed by atoms with Gasteiger partial charge >= 0.3 is 6.09 Å². The normalized spacial score (nSPS) is 18.0. The van der Waals surface area contributed by atoms with Crippen LogP contribution in [0.1, 0.15) is 72.8 Å². The summed E-state index contributed by atoms with van der Waals surface area (Å²) in [5, 5.41) is 6.84. The Morgan fingerprint density at radius 3 is 2.40 bits per heavy atom. The topological polar surface area (TPSA) is 152 Å². The number of hydrogen-bond acceptors (Lipinski definition) is 7. The zero-order chi connectivity index (χ0) is 36.3. The van der Waals surface area contributed by atoms with Gasteiger partial charge in [-0.25, -0.2) is 18.0 Å². The number of carbonyl (C=O) groups is 4. The largest absolute Gasteiger partial charge is 0.457 e. The van der Waals surface area contributed by atoms with Crippen LogP contribution in [0, 0.1) is 5.82 Å². The number of ether oxygens (including phenoxy) is 2. The van der Waals surface area contributed by atoms with E-state index < -0.39 is 73.6 Å². The molecule has 268 valence electrons. The molecule has 15 heteroatoms. The van der Waals surface area contributed by atoms with Gasteiger partial charge in [-0.05, 0) is 67.9 Å². The lowest BCUT2D eigenvalue weighted by Gasteiger charge is -2.25. The summed E-state index contributed by atoms with van der Waals surface area (Å²) in [6, 6.07) is 11.0. The molecule has 4 rings (SSSR count). The number of nitrogens with two attached hydrogens (primary N) is 1. The number of unbranched alkanes of at least 4 members (excludes halogenated alkanes) is 3. The van der Waals surface area contributed by atoms with Crippen LogP contribution in [0.2, 0.25) is 0 Å². The van der Waals surface area contributed by atoms with E-state index in [4.69, 9.17) is 15.2 Å². The minimum absolute atomic E-state index is 0.0568. The number of rotatable bonds is 15. The number of aliphatic imine (C=N–C) groups is 1. The maximum atomic E-state index is 15.2. The van der Waals surface area contributed by atoms with Gasteiger partial charge < -0.3 is 30.7 Å². The SMILES string of the molecule is CCCCCCOC(=O)/N=C(/N)c1csc([C@@H](C)NC(=O)[C@@H]2C[C@](F)(CF)CN2C(=O)CNC(=O)c2ccc(Oc3ccc(F)cc3)cc2)c1. The minimum Gasteiger partial charge on any atom is -0.457 e. The van der Waals surface area contributed by atoms with E-state index in [-0.39, 0.29) is 18.0 Å². The van der Waals surface area contributed by atoms with Gasteiger partial charge in [0.25, 0.3) is 5.91 Å². The van der Waals surface area contributed by atoms with Crippen molar-refractivity contribution in [3.63, 3.8) is 0 Å². The van der Waals surface area contributed by atoms with Crippen LogP contribution in [0.25, 0.3) is 0 Å². The number of hydrogen-bond donors (Lipinski definition) is 3. The number of benzene rings is 2. The molecule has 3 atom stereocenters. The number of thiophene rings is 1. The molecule has 0 unspecified atom stereocenters. The number of amidine groups is 1. The van der Waals surface area contributed by atoms with Crippen LogP contribution in [-0.2, 0) is 14.3 Å². The highest BCUT2D eigenvalue weighted by molar-refractivity contribution is 7.10. The maximum Gasteiger partial charge on any atom is 0.435 e. The summed E-state index contributed by atoms with van der Waals surface area (Å²) in [5.74, 6) is -1.77. The van der Waals surface area contributed by atoms with Crippen LogP contribution < -0.4 is 21.1 Å². The molecule has 0 aliphatic carbocycles. The first-order chi connectivity index (χ1) is 23.9. The Labute approximate surface area is 292 Å². The van der Waals surface area contributed by atoms with Gasteiger partial charge in [-0.15, -0.1) is 11.3 Å². The first-order valence-corrected chi connectivity index (χ1v) is 17.1. The van der Waals surface area contributed by atoms with E-state index in [1.807, 2.05) is 0 Å². The lowest BCUT2D eigenvalue weighted by Crippen LogP contribution is -2.49. The molecule has 0 saturated carbocycles. The molecular weight excluding hydrogens is 675 g/mol. The Bertz CT molecular complexity index is 1670. The van der Waals surface area contributed by atoms with Crippen LogP contribution in [0.3, 0.4) is 0 Å². The number of nitrogens with zero attached hydrogens (tertiary/aromatic N) is 2. The quantitative estimate of drug-likeness (QED) is 0.0994. The molecule has 3 aromatic rings. The monoisotopic (exact) mass is 715 g/mol. The van der Waals surface area contributed by atoms with E-state index in [9.17, 15) is 28.0 Å². The molecular formula is C35H40F3N5O6S. The summed E-state index contributed by atoms with van der Waals surface area (Å²) in [7, 11) is 0. The maximum absolute atomic E-state index is 15.2. The summed E-state index contributed by atoms with van der Waals surface area (Å²) >= 11 is 1.24. The second-order valence-electron chi connectivity index (χ2n) is 11.9. The molecule has 11 nitrogen and oxygen atoms in total. The number of halogens is 3. The van der Waals surface area contributed by atoms with Crippen molar-refractivity contribution in [2.45, 2.75) is 63.7 Å². The molecule has 0 bridgehead atoms. The lowest BCUT2D eigenvalue weighted by atomic mass is 10.0. The van der Waals surface area contributed by atoms with Crippen LogP contribution in [-0.4, -0.2) is 72.6 Å². The second kappa shape index (κ2) is 17.7. The fraction of sp³-hybridized carbons (Fsp3) is 0.400. The smallest absolute Gasteiger partial charge is 0.435 e. The summed E-state index contributed by atoms with van der Waals surface area (Å²) < 4.78 is 52.7. The highest BCUT2D eigenvalue weighted by Gasteiger charge is 2.49. The van der Waals surface area contributed by atoms with E-state index in [2.05, 4.69) is 22.5 Å². The number of carbonyl (C=O) groups excluding carboxylic acids is 4. The van der Waals surface area contributed by atoms with Crippen LogP contribution in [0.4, 0.5) is 18.0 Å². The van der Waals surface area contributed by atoms with Gasteiger partial charge in [-0.3, -0.25) is 14.4 Å². The van der Waals surface area contributed by atoms with Gasteiger partial charge in [0.15, 0.2) is 5.67 Å². The fourth-order valence-corrected chi connectivity index (χ4v) is 6.09. The molecule has 4 N–H and O–H groups in total. The molecule has 0 radical (unpaired) electrons. The van der Waals surface area contributed by atoms with Crippen molar-refractivity contribution in [1.29, 1.82) is 0 Å². The number of likely N-dealkylation sites (tertiary alicyclic amines) is 1. The highest BCUT2D eigenvalue weighted by Crippen LogP contribution is 2.32. The van der Waals surface area contributed by atoms with Crippen molar-refractivity contribution in [2.24, 2.45) is 10.7 Å². The zero-order valence-electron chi connectivity index (χ0n) is 27.8. The molecule has 4 amide bonds. The van der Waals surface area contributed by atoms with Crippen molar-refractivity contribution in [3.8, 4) is 11.5 Å². The van der Waals surface area contributed by atoms with Crippen LogP contribution >= 0.6 is 11.3 Å². The molecule has 50 heavy (non-hydrogen) atoms. The summed E-state index contributed by atoms with van der Waals surface area (Å²) in [4.78, 5) is 56.6. The highest BCUT2D eigenvalue weighted by atomic mass is 32.1. The first-order valence-electron chi connectivity index (χ1n) is 16.2. The van der Waals surface area contributed by atoms with Gasteiger partial charge in [-0.1, -0.05) is 26.2 Å². The Morgan fingerprint density at radius 2 is 1.74 bits per heavy atom. The molecule has 2 aromatic carbocycles. The average Bonchev–Trinajstić information content (AvgIpc) is 3.75. The average molecular weight is 716 g/mol. The van der Waals surface area contributed by atoms with Gasteiger partial charge in [0, 0.05) is 27.8 Å². The fourth-order valence-electron chi connectivity index (χ4n) is 5.18.